The molecule has 0 spiro atoms. The van der Waals surface area contributed by atoms with Gasteiger partial charge in [0.1, 0.15) is 0 Å². The van der Waals surface area contributed by atoms with Crippen molar-refractivity contribution in [1.82, 2.24) is 0 Å². The van der Waals surface area contributed by atoms with Crippen LogP contribution in [-0.4, -0.2) is 18.5 Å². The molecule has 4 rings (SSSR count). The molecule has 29 heavy (non-hydrogen) atoms. The third-order valence-corrected chi connectivity index (χ3v) is 4.92. The van der Waals surface area contributed by atoms with E-state index in [-0.39, 0.29) is 12.4 Å². The number of fused-ring (bicyclic) bond motifs is 1. The van der Waals surface area contributed by atoms with Crippen molar-refractivity contribution < 1.29 is 14.3 Å². The molecule has 0 N–H and O–H groups in total. The molecule has 0 fully saturated rings. The van der Waals surface area contributed by atoms with E-state index < -0.39 is 12.1 Å². The number of benzene rings is 3. The molecule has 1 unspecified atom stereocenters. The summed E-state index contributed by atoms with van der Waals surface area (Å²) in [5.41, 5.74) is 3.35. The molecule has 1 amide bonds. The molecule has 3 aromatic carbocycles. The van der Waals surface area contributed by atoms with Crippen LogP contribution in [0.3, 0.4) is 0 Å². The zero-order chi connectivity index (χ0) is 20.2. The van der Waals surface area contributed by atoms with Gasteiger partial charge in [0.15, 0.2) is 5.78 Å². The fourth-order valence-electron chi connectivity index (χ4n) is 3.67. The first-order valence-electron chi connectivity index (χ1n) is 9.62. The van der Waals surface area contributed by atoms with Crippen molar-refractivity contribution in [2.75, 3.05) is 11.5 Å². The minimum Gasteiger partial charge on any atom is -0.449 e. The predicted molar refractivity (Wildman–Crippen MR) is 114 cm³/mol. The number of ketones is 1. The third kappa shape index (κ3) is 3.57. The van der Waals surface area contributed by atoms with E-state index in [0.717, 1.165) is 11.1 Å². The molecule has 0 aromatic heterocycles. The minimum absolute atomic E-state index is 0.0844. The number of carbonyl (C=O) groups excluding carboxylic acids is 2. The number of ether oxygens (including phenoxy) is 1. The standard InChI is InChI=1S/C25H21NO3/c1-2-29-25(28)26-22-16-10-9-15-20(22)24(27)21(17-18-11-5-3-6-12-18)23(26)19-13-7-4-8-14-19/h3-17,23H,2H2,1H3/b21-17-. The van der Waals surface area contributed by atoms with Gasteiger partial charge in [0.25, 0.3) is 0 Å². The maximum atomic E-state index is 13.5. The molecule has 1 aliphatic heterocycles. The highest BCUT2D eigenvalue weighted by atomic mass is 16.6. The maximum absolute atomic E-state index is 13.5. The molecule has 144 valence electrons. The number of amides is 1. The van der Waals surface area contributed by atoms with Gasteiger partial charge in [-0.25, -0.2) is 4.79 Å². The summed E-state index contributed by atoms with van der Waals surface area (Å²) in [6, 6.07) is 25.9. The van der Waals surface area contributed by atoms with Crippen molar-refractivity contribution in [2.24, 2.45) is 0 Å². The molecule has 3 aromatic rings. The van der Waals surface area contributed by atoms with Crippen LogP contribution in [0.1, 0.15) is 34.5 Å². The average Bonchev–Trinajstić information content (AvgIpc) is 2.77. The van der Waals surface area contributed by atoms with Crippen LogP contribution in [0.2, 0.25) is 0 Å². The summed E-state index contributed by atoms with van der Waals surface area (Å²) in [6.45, 7) is 2.03. The van der Waals surface area contributed by atoms with Crippen molar-refractivity contribution >= 4 is 23.6 Å². The lowest BCUT2D eigenvalue weighted by Gasteiger charge is -2.37. The molecule has 0 saturated heterocycles. The predicted octanol–water partition coefficient (Wildman–Crippen LogP) is 5.67. The van der Waals surface area contributed by atoms with Gasteiger partial charge in [-0.15, -0.1) is 0 Å². The number of nitrogens with zero attached hydrogens (tertiary/aromatic N) is 1. The molecule has 0 saturated carbocycles. The van der Waals surface area contributed by atoms with Gasteiger partial charge in [-0.05, 0) is 36.3 Å². The van der Waals surface area contributed by atoms with Gasteiger partial charge < -0.3 is 4.74 Å². The number of anilines is 1. The Kier molecular flexibility index (Phi) is 5.25. The molecule has 1 atom stereocenters. The summed E-state index contributed by atoms with van der Waals surface area (Å²) in [7, 11) is 0. The van der Waals surface area contributed by atoms with E-state index in [4.69, 9.17) is 4.74 Å². The Morgan fingerprint density at radius 3 is 2.24 bits per heavy atom. The minimum atomic E-state index is -0.571. The van der Waals surface area contributed by atoms with Crippen LogP contribution in [0, 0.1) is 0 Å². The van der Waals surface area contributed by atoms with Crippen LogP contribution >= 0.6 is 0 Å². The lowest BCUT2D eigenvalue weighted by atomic mass is 9.85. The Bertz CT molecular complexity index is 1060. The summed E-state index contributed by atoms with van der Waals surface area (Å²) in [4.78, 5) is 28.1. The number of rotatable bonds is 3. The Hall–Kier alpha value is -3.66. The second-order valence-corrected chi connectivity index (χ2v) is 6.74. The Balaban J connectivity index is 1.97. The molecule has 1 aliphatic rings. The Morgan fingerprint density at radius 1 is 0.931 bits per heavy atom. The van der Waals surface area contributed by atoms with E-state index in [2.05, 4.69) is 0 Å². The first-order valence-corrected chi connectivity index (χ1v) is 9.62. The van der Waals surface area contributed by atoms with Gasteiger partial charge in [0.2, 0.25) is 0 Å². The van der Waals surface area contributed by atoms with Crippen LogP contribution in [0.5, 0.6) is 0 Å². The number of Topliss-reactive ketones (excluding diaryl/α,β-unsaturated/α-hetero) is 1. The highest BCUT2D eigenvalue weighted by Gasteiger charge is 2.40. The zero-order valence-electron chi connectivity index (χ0n) is 16.1. The van der Waals surface area contributed by atoms with Crippen LogP contribution in [0.15, 0.2) is 90.5 Å². The van der Waals surface area contributed by atoms with E-state index in [9.17, 15) is 9.59 Å². The van der Waals surface area contributed by atoms with Gasteiger partial charge in [-0.2, -0.15) is 0 Å². The van der Waals surface area contributed by atoms with Crippen LogP contribution in [0.25, 0.3) is 6.08 Å². The summed E-state index contributed by atoms with van der Waals surface area (Å²) >= 11 is 0. The number of hydrogen-bond acceptors (Lipinski definition) is 3. The van der Waals surface area contributed by atoms with Crippen molar-refractivity contribution in [1.29, 1.82) is 0 Å². The van der Waals surface area contributed by atoms with Crippen LogP contribution < -0.4 is 4.90 Å². The molecular formula is C25H21NO3. The SMILES string of the molecule is CCOC(=O)N1c2ccccc2C(=O)/C(=C\c2ccccc2)C1c1ccccc1. The normalized spacial score (nSPS) is 17.1. The first-order chi connectivity index (χ1) is 14.2. The van der Waals surface area contributed by atoms with E-state index in [0.29, 0.717) is 16.8 Å². The molecule has 4 nitrogen and oxygen atoms in total. The smallest absolute Gasteiger partial charge is 0.415 e. The van der Waals surface area contributed by atoms with Crippen LogP contribution in [0.4, 0.5) is 10.5 Å². The third-order valence-electron chi connectivity index (χ3n) is 4.92. The fourth-order valence-corrected chi connectivity index (χ4v) is 3.67. The summed E-state index contributed by atoms with van der Waals surface area (Å²) in [5, 5.41) is 0. The topological polar surface area (TPSA) is 46.6 Å². The molecular weight excluding hydrogens is 362 g/mol. The first kappa shape index (κ1) is 18.7. The van der Waals surface area contributed by atoms with E-state index in [1.54, 1.807) is 24.0 Å². The molecule has 1 heterocycles. The number of hydrogen-bond donors (Lipinski definition) is 0. The van der Waals surface area contributed by atoms with Gasteiger partial charge in [-0.1, -0.05) is 72.8 Å². The Labute approximate surface area is 170 Å². The Morgan fingerprint density at radius 2 is 1.55 bits per heavy atom. The average molecular weight is 383 g/mol. The lowest BCUT2D eigenvalue weighted by molar-refractivity contribution is 0.102. The van der Waals surface area contributed by atoms with Gasteiger partial charge >= 0.3 is 6.09 Å². The number of carbonyl (C=O) groups is 2. The van der Waals surface area contributed by atoms with Gasteiger partial charge in [0.05, 0.1) is 18.3 Å². The number of para-hydroxylation sites is 1. The quantitative estimate of drug-likeness (QED) is 0.548. The summed E-state index contributed by atoms with van der Waals surface area (Å²) in [6.07, 6.45) is 1.39. The van der Waals surface area contributed by atoms with Crippen LogP contribution in [-0.2, 0) is 4.74 Å². The zero-order valence-corrected chi connectivity index (χ0v) is 16.1. The monoisotopic (exact) mass is 383 g/mol. The highest BCUT2D eigenvalue weighted by molar-refractivity contribution is 6.20. The molecule has 0 bridgehead atoms. The van der Waals surface area contributed by atoms with Crippen molar-refractivity contribution in [3.05, 3.63) is 107 Å². The highest BCUT2D eigenvalue weighted by Crippen LogP contribution is 2.42. The van der Waals surface area contributed by atoms with Gasteiger partial charge in [0, 0.05) is 11.1 Å². The summed E-state index contributed by atoms with van der Waals surface area (Å²) < 4.78 is 5.37. The largest absolute Gasteiger partial charge is 0.449 e. The summed E-state index contributed by atoms with van der Waals surface area (Å²) in [5.74, 6) is -0.0844. The van der Waals surface area contributed by atoms with E-state index in [1.807, 2.05) is 78.9 Å². The molecule has 4 heteroatoms. The van der Waals surface area contributed by atoms with Crippen molar-refractivity contribution in [2.45, 2.75) is 13.0 Å². The van der Waals surface area contributed by atoms with E-state index >= 15 is 0 Å². The second-order valence-electron chi connectivity index (χ2n) is 6.74. The van der Waals surface area contributed by atoms with E-state index in [1.165, 1.54) is 0 Å². The molecule has 0 aliphatic carbocycles. The van der Waals surface area contributed by atoms with Crippen molar-refractivity contribution in [3.8, 4) is 0 Å². The van der Waals surface area contributed by atoms with Gasteiger partial charge in [-0.3, -0.25) is 9.69 Å². The second kappa shape index (κ2) is 8.15. The lowest BCUT2D eigenvalue weighted by Crippen LogP contribution is -2.42. The molecule has 0 radical (unpaired) electrons. The van der Waals surface area contributed by atoms with Crippen molar-refractivity contribution in [3.63, 3.8) is 0 Å². The maximum Gasteiger partial charge on any atom is 0.415 e. The fraction of sp³-hybridized carbons (Fsp3) is 0.120.